The average Bonchev–Trinajstić information content (AvgIpc) is 2.26. The highest BCUT2D eigenvalue weighted by Crippen LogP contribution is 2.19. The third-order valence-electron chi connectivity index (χ3n) is 2.87. The van der Waals surface area contributed by atoms with Gasteiger partial charge in [-0.3, -0.25) is 4.79 Å². The number of halogens is 1. The highest BCUT2D eigenvalue weighted by Gasteiger charge is 2.28. The van der Waals surface area contributed by atoms with Gasteiger partial charge in [0.15, 0.2) is 15.6 Å². The van der Waals surface area contributed by atoms with Crippen LogP contribution in [0.2, 0.25) is 0 Å². The van der Waals surface area contributed by atoms with E-state index in [1.54, 1.807) is 20.8 Å². The van der Waals surface area contributed by atoms with Crippen LogP contribution in [0.4, 0.5) is 4.39 Å². The van der Waals surface area contributed by atoms with Crippen LogP contribution >= 0.6 is 0 Å². The molecule has 0 saturated carbocycles. The molecular weight excluding hydrogens is 283 g/mol. The summed E-state index contributed by atoms with van der Waals surface area (Å²) in [5.41, 5.74) is -0.0142. The van der Waals surface area contributed by atoms with Gasteiger partial charge in [0.25, 0.3) is 0 Å². The topological polar surface area (TPSA) is 60.4 Å². The third kappa shape index (κ3) is 4.03. The second kappa shape index (κ2) is 5.91. The van der Waals surface area contributed by atoms with Crippen LogP contribution in [0.3, 0.4) is 0 Å². The Morgan fingerprint density at radius 3 is 2.35 bits per heavy atom. The summed E-state index contributed by atoms with van der Waals surface area (Å²) in [7, 11) is -3.27. The van der Waals surface area contributed by atoms with E-state index in [4.69, 9.17) is 4.74 Å². The van der Waals surface area contributed by atoms with Crippen molar-refractivity contribution in [1.82, 2.24) is 0 Å². The van der Waals surface area contributed by atoms with Crippen LogP contribution in [0.5, 0.6) is 5.75 Å². The molecule has 20 heavy (non-hydrogen) atoms. The lowest BCUT2D eigenvalue weighted by Crippen LogP contribution is -2.32. The summed E-state index contributed by atoms with van der Waals surface area (Å²) in [6.45, 7) is 6.06. The second-order valence-corrected chi connectivity index (χ2v) is 8.34. The minimum atomic E-state index is -3.27. The van der Waals surface area contributed by atoms with Crippen LogP contribution in [0, 0.1) is 5.82 Å². The van der Waals surface area contributed by atoms with E-state index in [-0.39, 0.29) is 29.5 Å². The smallest absolute Gasteiger partial charge is 0.162 e. The first-order valence-electron chi connectivity index (χ1n) is 6.20. The number of benzene rings is 1. The third-order valence-corrected chi connectivity index (χ3v) is 5.44. The predicted octanol–water partition coefficient (Wildman–Crippen LogP) is 2.62. The van der Waals surface area contributed by atoms with E-state index in [9.17, 15) is 17.6 Å². The Balaban J connectivity index is 2.69. The van der Waals surface area contributed by atoms with E-state index in [1.807, 2.05) is 0 Å². The fourth-order valence-electron chi connectivity index (χ4n) is 1.45. The zero-order valence-electron chi connectivity index (χ0n) is 12.1. The van der Waals surface area contributed by atoms with Crippen LogP contribution in [0.1, 0.15) is 38.1 Å². The van der Waals surface area contributed by atoms with Gasteiger partial charge in [-0.05, 0) is 39.8 Å². The zero-order chi connectivity index (χ0) is 15.6. The Morgan fingerprint density at radius 2 is 1.90 bits per heavy atom. The molecule has 0 aromatic heterocycles. The number of hydrogen-bond donors (Lipinski definition) is 0. The van der Waals surface area contributed by atoms with Crippen LogP contribution in [-0.4, -0.2) is 31.3 Å². The van der Waals surface area contributed by atoms with Gasteiger partial charge in [0.2, 0.25) is 0 Å². The highest BCUT2D eigenvalue weighted by atomic mass is 32.2. The molecule has 6 heteroatoms. The SMILES string of the molecule is CC(=O)c1ccc(OCCS(=O)(=O)C(C)(C)C)cc1F. The summed E-state index contributed by atoms with van der Waals surface area (Å²) in [6, 6.07) is 3.86. The number of ether oxygens (including phenoxy) is 1. The van der Waals surface area contributed by atoms with E-state index in [0.717, 1.165) is 6.07 Å². The summed E-state index contributed by atoms with van der Waals surface area (Å²) < 4.78 is 41.6. The van der Waals surface area contributed by atoms with Gasteiger partial charge in [0.05, 0.1) is 16.1 Å². The second-order valence-electron chi connectivity index (χ2n) is 5.48. The number of ketones is 1. The number of rotatable bonds is 5. The van der Waals surface area contributed by atoms with Gasteiger partial charge in [-0.2, -0.15) is 0 Å². The molecule has 0 aliphatic rings. The minimum Gasteiger partial charge on any atom is -0.492 e. The summed E-state index contributed by atoms with van der Waals surface area (Å²) in [5, 5.41) is 0. The normalized spacial score (nSPS) is 12.2. The summed E-state index contributed by atoms with van der Waals surface area (Å²) in [4.78, 5) is 11.1. The monoisotopic (exact) mass is 302 g/mol. The molecule has 0 atom stereocenters. The van der Waals surface area contributed by atoms with Gasteiger partial charge in [0.1, 0.15) is 18.2 Å². The Labute approximate surface area is 118 Å². The fraction of sp³-hybridized carbons (Fsp3) is 0.500. The molecule has 0 saturated heterocycles. The van der Waals surface area contributed by atoms with E-state index >= 15 is 0 Å². The van der Waals surface area contributed by atoms with Crippen molar-refractivity contribution in [2.24, 2.45) is 0 Å². The molecule has 0 amide bonds. The molecular formula is C14H19FO4S. The van der Waals surface area contributed by atoms with Crippen molar-refractivity contribution in [2.45, 2.75) is 32.4 Å². The maximum Gasteiger partial charge on any atom is 0.162 e. The summed E-state index contributed by atoms with van der Waals surface area (Å²) >= 11 is 0. The molecule has 4 nitrogen and oxygen atoms in total. The van der Waals surface area contributed by atoms with Gasteiger partial charge in [-0.15, -0.1) is 0 Å². The van der Waals surface area contributed by atoms with Crippen LogP contribution in [0.15, 0.2) is 18.2 Å². The maximum absolute atomic E-state index is 13.5. The van der Waals surface area contributed by atoms with Gasteiger partial charge in [-0.25, -0.2) is 12.8 Å². The molecule has 0 aliphatic carbocycles. The lowest BCUT2D eigenvalue weighted by atomic mass is 10.1. The molecule has 1 rings (SSSR count). The first-order valence-corrected chi connectivity index (χ1v) is 7.85. The molecule has 1 aromatic rings. The van der Waals surface area contributed by atoms with E-state index in [0.29, 0.717) is 0 Å². The van der Waals surface area contributed by atoms with E-state index in [1.165, 1.54) is 19.1 Å². The van der Waals surface area contributed by atoms with Gasteiger partial charge in [0, 0.05) is 6.07 Å². The van der Waals surface area contributed by atoms with Crippen LogP contribution in [-0.2, 0) is 9.84 Å². The van der Waals surface area contributed by atoms with Crippen LogP contribution < -0.4 is 4.74 Å². The van der Waals surface area contributed by atoms with E-state index in [2.05, 4.69) is 0 Å². The van der Waals surface area contributed by atoms with Crippen molar-refractivity contribution in [3.05, 3.63) is 29.6 Å². The molecule has 0 spiro atoms. The highest BCUT2D eigenvalue weighted by molar-refractivity contribution is 7.92. The molecule has 0 heterocycles. The standard InChI is InChI=1S/C14H19FO4S/c1-10(16)12-6-5-11(9-13(12)15)19-7-8-20(17,18)14(2,3)4/h5-6,9H,7-8H2,1-4H3. The van der Waals surface area contributed by atoms with Crippen molar-refractivity contribution in [2.75, 3.05) is 12.4 Å². The van der Waals surface area contributed by atoms with Gasteiger partial charge in [-0.1, -0.05) is 0 Å². The van der Waals surface area contributed by atoms with Gasteiger partial charge >= 0.3 is 0 Å². The minimum absolute atomic E-state index is 0.0142. The summed E-state index contributed by atoms with van der Waals surface area (Å²) in [6.07, 6.45) is 0. The van der Waals surface area contributed by atoms with Crippen molar-refractivity contribution in [3.8, 4) is 5.75 Å². The Bertz CT molecular complexity index is 600. The molecule has 112 valence electrons. The molecule has 0 unspecified atom stereocenters. The maximum atomic E-state index is 13.5. The van der Waals surface area contributed by atoms with Crippen molar-refractivity contribution in [3.63, 3.8) is 0 Å². The number of sulfone groups is 1. The van der Waals surface area contributed by atoms with E-state index < -0.39 is 20.4 Å². The lowest BCUT2D eigenvalue weighted by Gasteiger charge is -2.19. The number of Topliss-reactive ketones (excluding diaryl/α,β-unsaturated/α-hetero) is 1. The molecule has 0 fully saturated rings. The molecule has 0 N–H and O–H groups in total. The molecule has 0 bridgehead atoms. The Hall–Kier alpha value is -1.43. The Kier molecular flexibility index (Phi) is 4.91. The van der Waals surface area contributed by atoms with Gasteiger partial charge < -0.3 is 4.74 Å². The van der Waals surface area contributed by atoms with Crippen molar-refractivity contribution >= 4 is 15.6 Å². The first kappa shape index (κ1) is 16.6. The summed E-state index contributed by atoms with van der Waals surface area (Å²) in [5.74, 6) is -0.985. The number of hydrogen-bond acceptors (Lipinski definition) is 4. The van der Waals surface area contributed by atoms with Crippen molar-refractivity contribution in [1.29, 1.82) is 0 Å². The lowest BCUT2D eigenvalue weighted by molar-refractivity contribution is 0.101. The van der Waals surface area contributed by atoms with Crippen molar-refractivity contribution < 1.29 is 22.3 Å². The Morgan fingerprint density at radius 1 is 1.30 bits per heavy atom. The largest absolute Gasteiger partial charge is 0.492 e. The predicted molar refractivity (Wildman–Crippen MR) is 75.4 cm³/mol. The quantitative estimate of drug-likeness (QED) is 0.784. The number of carbonyl (C=O) groups is 1. The fourth-order valence-corrected chi connectivity index (χ4v) is 2.36. The molecule has 0 aliphatic heterocycles. The molecule has 1 aromatic carbocycles. The zero-order valence-corrected chi connectivity index (χ0v) is 12.9. The van der Waals surface area contributed by atoms with Crippen LogP contribution in [0.25, 0.3) is 0 Å². The first-order chi connectivity index (χ1) is 9.04. The average molecular weight is 302 g/mol. The number of carbonyl (C=O) groups excluding carboxylic acids is 1. The molecule has 0 radical (unpaired) electrons.